The normalized spacial score (nSPS) is 11.9. The third-order valence-electron chi connectivity index (χ3n) is 3.68. The fraction of sp³-hybridized carbons (Fsp3) is 0.368. The number of carbonyl (C=O) groups is 2. The maximum Gasteiger partial charge on any atom is 0.338 e. The van der Waals surface area contributed by atoms with Crippen molar-refractivity contribution in [3.63, 3.8) is 0 Å². The maximum atomic E-state index is 12.2. The van der Waals surface area contributed by atoms with E-state index in [1.54, 1.807) is 19.2 Å². The molecule has 26 heavy (non-hydrogen) atoms. The number of benzene rings is 1. The third kappa shape index (κ3) is 4.78. The van der Waals surface area contributed by atoms with Gasteiger partial charge in [0.05, 0.1) is 25.3 Å². The van der Waals surface area contributed by atoms with Gasteiger partial charge in [-0.3, -0.25) is 4.79 Å². The van der Waals surface area contributed by atoms with E-state index in [0.717, 1.165) is 11.8 Å². The van der Waals surface area contributed by atoms with Gasteiger partial charge in [0, 0.05) is 6.07 Å². The number of methoxy groups -OCH3 is 1. The predicted octanol–water partition coefficient (Wildman–Crippen LogP) is 3.51. The fourth-order valence-corrected chi connectivity index (χ4v) is 2.25. The molecule has 2 rings (SSSR count). The Morgan fingerprint density at radius 3 is 2.50 bits per heavy atom. The van der Waals surface area contributed by atoms with Crippen LogP contribution in [-0.2, 0) is 0 Å². The van der Waals surface area contributed by atoms with Gasteiger partial charge in [-0.25, -0.2) is 4.79 Å². The number of amides is 1. The van der Waals surface area contributed by atoms with Gasteiger partial charge in [-0.2, -0.15) is 0 Å². The van der Waals surface area contributed by atoms with E-state index >= 15 is 0 Å². The Balaban J connectivity index is 2.09. The number of carbonyl (C=O) groups excluding carboxylic acids is 1. The van der Waals surface area contributed by atoms with Crippen molar-refractivity contribution in [3.05, 3.63) is 47.4 Å². The van der Waals surface area contributed by atoms with Crippen LogP contribution in [0.2, 0.25) is 0 Å². The molecular weight excluding hydrogens is 338 g/mol. The monoisotopic (exact) mass is 361 g/mol. The Kier molecular flexibility index (Phi) is 6.27. The molecule has 1 atom stereocenters. The zero-order valence-electron chi connectivity index (χ0n) is 15.2. The first kappa shape index (κ1) is 19.4. The van der Waals surface area contributed by atoms with E-state index in [2.05, 4.69) is 19.2 Å². The van der Waals surface area contributed by atoms with Crippen molar-refractivity contribution in [2.45, 2.75) is 26.8 Å². The van der Waals surface area contributed by atoms with Gasteiger partial charge < -0.3 is 24.3 Å². The highest BCUT2D eigenvalue weighted by Crippen LogP contribution is 2.30. The van der Waals surface area contributed by atoms with Crippen molar-refractivity contribution >= 4 is 11.9 Å². The summed E-state index contributed by atoms with van der Waals surface area (Å²) in [6.07, 6.45) is 1.03. The van der Waals surface area contributed by atoms with E-state index in [0.29, 0.717) is 24.0 Å². The molecule has 1 amide bonds. The van der Waals surface area contributed by atoms with Crippen LogP contribution >= 0.6 is 0 Å². The number of nitrogens with one attached hydrogen (secondary N) is 1. The molecule has 1 unspecified atom stereocenters. The van der Waals surface area contributed by atoms with Gasteiger partial charge >= 0.3 is 5.97 Å². The SMILES string of the molecule is COc1cc(C(C)NC(=O)c2cc(C(=O)O)co2)ccc1OCC(C)C. The van der Waals surface area contributed by atoms with Crippen LogP contribution in [0, 0.1) is 5.92 Å². The molecule has 1 heterocycles. The Labute approximate surface area is 151 Å². The van der Waals surface area contributed by atoms with Crippen molar-refractivity contribution in [1.82, 2.24) is 5.32 Å². The molecule has 1 aromatic carbocycles. The molecule has 140 valence electrons. The molecule has 7 nitrogen and oxygen atoms in total. The lowest BCUT2D eigenvalue weighted by molar-refractivity contribution is 0.0695. The summed E-state index contributed by atoms with van der Waals surface area (Å²) in [5.74, 6) is -0.0950. The van der Waals surface area contributed by atoms with Gasteiger partial charge in [-0.05, 0) is 30.5 Å². The first-order chi connectivity index (χ1) is 12.3. The zero-order chi connectivity index (χ0) is 19.3. The summed E-state index contributed by atoms with van der Waals surface area (Å²) in [7, 11) is 1.56. The first-order valence-corrected chi connectivity index (χ1v) is 8.25. The van der Waals surface area contributed by atoms with Crippen molar-refractivity contribution in [2.75, 3.05) is 13.7 Å². The number of ether oxygens (including phenoxy) is 2. The van der Waals surface area contributed by atoms with Crippen LogP contribution in [0.3, 0.4) is 0 Å². The van der Waals surface area contributed by atoms with Gasteiger partial charge in [0.2, 0.25) is 0 Å². The number of hydrogen-bond acceptors (Lipinski definition) is 5. The van der Waals surface area contributed by atoms with E-state index < -0.39 is 11.9 Å². The highest BCUT2D eigenvalue weighted by Gasteiger charge is 2.18. The molecule has 0 fully saturated rings. The third-order valence-corrected chi connectivity index (χ3v) is 3.68. The molecule has 0 aliphatic heterocycles. The van der Waals surface area contributed by atoms with E-state index in [9.17, 15) is 9.59 Å². The second-order valence-electron chi connectivity index (χ2n) is 6.32. The summed E-state index contributed by atoms with van der Waals surface area (Å²) in [4.78, 5) is 23.1. The van der Waals surface area contributed by atoms with Crippen molar-refractivity contribution in [2.24, 2.45) is 5.92 Å². The summed E-state index contributed by atoms with van der Waals surface area (Å²) in [6.45, 7) is 6.50. The molecular formula is C19H23NO6. The maximum absolute atomic E-state index is 12.2. The Morgan fingerprint density at radius 2 is 1.92 bits per heavy atom. The quantitative estimate of drug-likeness (QED) is 0.747. The van der Waals surface area contributed by atoms with Crippen LogP contribution in [-0.4, -0.2) is 30.7 Å². The van der Waals surface area contributed by atoms with E-state index in [1.165, 1.54) is 6.07 Å². The minimum absolute atomic E-state index is 0.0573. The Bertz CT molecular complexity index is 780. The van der Waals surface area contributed by atoms with Crippen LogP contribution in [0.5, 0.6) is 11.5 Å². The topological polar surface area (TPSA) is 98.0 Å². The first-order valence-electron chi connectivity index (χ1n) is 8.25. The molecule has 0 aliphatic rings. The molecule has 0 bridgehead atoms. The molecule has 0 radical (unpaired) electrons. The van der Waals surface area contributed by atoms with E-state index in [1.807, 2.05) is 13.0 Å². The Morgan fingerprint density at radius 1 is 1.19 bits per heavy atom. The number of rotatable bonds is 8. The molecule has 0 spiro atoms. The predicted molar refractivity (Wildman–Crippen MR) is 94.9 cm³/mol. The van der Waals surface area contributed by atoms with Crippen LogP contribution in [0.1, 0.15) is 53.3 Å². The molecule has 0 aliphatic carbocycles. The lowest BCUT2D eigenvalue weighted by Gasteiger charge is -2.17. The van der Waals surface area contributed by atoms with E-state index in [4.69, 9.17) is 19.0 Å². The number of furan rings is 1. The highest BCUT2D eigenvalue weighted by atomic mass is 16.5. The smallest absolute Gasteiger partial charge is 0.338 e. The van der Waals surface area contributed by atoms with Gasteiger partial charge in [-0.15, -0.1) is 0 Å². The summed E-state index contributed by atoms with van der Waals surface area (Å²) >= 11 is 0. The average molecular weight is 361 g/mol. The molecule has 0 saturated heterocycles. The Hall–Kier alpha value is -2.96. The van der Waals surface area contributed by atoms with E-state index in [-0.39, 0.29) is 17.4 Å². The van der Waals surface area contributed by atoms with Gasteiger partial charge in [0.25, 0.3) is 5.91 Å². The van der Waals surface area contributed by atoms with Crippen molar-refractivity contribution in [1.29, 1.82) is 0 Å². The fourth-order valence-electron chi connectivity index (χ4n) is 2.25. The summed E-state index contributed by atoms with van der Waals surface area (Å²) < 4.78 is 16.1. The molecule has 2 aromatic rings. The lowest BCUT2D eigenvalue weighted by Crippen LogP contribution is -2.26. The summed E-state index contributed by atoms with van der Waals surface area (Å²) in [5, 5.41) is 11.6. The van der Waals surface area contributed by atoms with Crippen molar-refractivity contribution in [3.8, 4) is 11.5 Å². The molecule has 1 aromatic heterocycles. The zero-order valence-corrected chi connectivity index (χ0v) is 15.2. The minimum Gasteiger partial charge on any atom is -0.493 e. The number of aromatic carboxylic acids is 1. The highest BCUT2D eigenvalue weighted by molar-refractivity contribution is 5.95. The second-order valence-corrected chi connectivity index (χ2v) is 6.32. The largest absolute Gasteiger partial charge is 0.493 e. The van der Waals surface area contributed by atoms with Crippen LogP contribution in [0.15, 0.2) is 34.9 Å². The van der Waals surface area contributed by atoms with Gasteiger partial charge in [-0.1, -0.05) is 19.9 Å². The summed E-state index contributed by atoms with van der Waals surface area (Å²) in [6, 6.07) is 6.29. The molecule has 7 heteroatoms. The van der Waals surface area contributed by atoms with Gasteiger partial charge in [0.15, 0.2) is 17.3 Å². The average Bonchev–Trinajstić information content (AvgIpc) is 3.10. The minimum atomic E-state index is -1.15. The number of hydrogen-bond donors (Lipinski definition) is 2. The van der Waals surface area contributed by atoms with Gasteiger partial charge in [0.1, 0.15) is 6.26 Å². The molecule has 0 saturated carbocycles. The van der Waals surface area contributed by atoms with Crippen LogP contribution in [0.25, 0.3) is 0 Å². The number of carboxylic acids is 1. The summed E-state index contributed by atoms with van der Waals surface area (Å²) in [5.41, 5.74) is 0.744. The van der Waals surface area contributed by atoms with Crippen LogP contribution in [0.4, 0.5) is 0 Å². The lowest BCUT2D eigenvalue weighted by atomic mass is 10.1. The van der Waals surface area contributed by atoms with Crippen molar-refractivity contribution < 1.29 is 28.6 Å². The number of carboxylic acid groups (broad SMARTS) is 1. The second kappa shape index (κ2) is 8.42. The van der Waals surface area contributed by atoms with Crippen LogP contribution < -0.4 is 14.8 Å². The standard InChI is InChI=1S/C19H23NO6/c1-11(2)9-25-15-6-5-13(7-16(15)24-4)12(3)20-18(21)17-8-14(10-26-17)19(22)23/h5-8,10-12H,9H2,1-4H3,(H,20,21)(H,22,23). The molecule has 2 N–H and O–H groups in total.